The molecule has 6 nitrogen and oxygen atoms in total. The summed E-state index contributed by atoms with van der Waals surface area (Å²) in [5, 5.41) is 5.85. The van der Waals surface area contributed by atoms with E-state index in [1.807, 2.05) is 6.92 Å². The van der Waals surface area contributed by atoms with E-state index in [1.165, 1.54) is 13.2 Å². The minimum Gasteiger partial charge on any atom is -0.465 e. The van der Waals surface area contributed by atoms with Crippen molar-refractivity contribution in [3.8, 4) is 0 Å². The van der Waals surface area contributed by atoms with Gasteiger partial charge in [-0.1, -0.05) is 0 Å². The number of alkyl halides is 3. The van der Waals surface area contributed by atoms with Crippen molar-refractivity contribution in [2.45, 2.75) is 70.3 Å². The van der Waals surface area contributed by atoms with Crippen LogP contribution in [0.3, 0.4) is 0 Å². The maximum Gasteiger partial charge on any atom is 0.418 e. The number of anilines is 1. The Morgan fingerprint density at radius 2 is 1.73 bits per heavy atom. The molecule has 0 unspecified atom stereocenters. The monoisotopic (exact) mass is 428 g/mol. The van der Waals surface area contributed by atoms with E-state index in [2.05, 4.69) is 15.4 Å². The van der Waals surface area contributed by atoms with Crippen LogP contribution >= 0.6 is 0 Å². The molecule has 1 aromatic carbocycles. The lowest BCUT2D eigenvalue weighted by atomic mass is 9.37. The molecule has 1 amide bonds. The van der Waals surface area contributed by atoms with E-state index in [-0.39, 0.29) is 28.2 Å². The van der Waals surface area contributed by atoms with Gasteiger partial charge in [-0.05, 0) is 70.6 Å². The van der Waals surface area contributed by atoms with Crippen LogP contribution in [0.5, 0.6) is 0 Å². The lowest BCUT2D eigenvalue weighted by molar-refractivity contribution is -0.159. The van der Waals surface area contributed by atoms with E-state index >= 15 is 0 Å². The van der Waals surface area contributed by atoms with Crippen molar-refractivity contribution in [3.63, 3.8) is 0 Å². The highest BCUT2D eigenvalue weighted by Gasteiger charge is 2.70. The molecule has 30 heavy (non-hydrogen) atoms. The molecule has 3 aliphatic rings. The highest BCUT2D eigenvalue weighted by molar-refractivity contribution is 5.90. The van der Waals surface area contributed by atoms with Crippen molar-refractivity contribution in [2.24, 2.45) is 5.41 Å². The van der Waals surface area contributed by atoms with Gasteiger partial charge in [0.25, 0.3) is 0 Å². The first-order chi connectivity index (χ1) is 13.7. The SMILES string of the molecule is COC(=O)c1ccc(C(F)(F)F)c(N[C@@H](C)C23CC(NC(=O)OC(C)(C)C)(C2)C3)c1. The van der Waals surface area contributed by atoms with Gasteiger partial charge in [-0.25, -0.2) is 9.59 Å². The summed E-state index contributed by atoms with van der Waals surface area (Å²) in [7, 11) is 1.18. The molecule has 0 saturated heterocycles. The number of benzene rings is 1. The molecular formula is C21H27F3N2O4. The molecule has 3 saturated carbocycles. The normalized spacial score (nSPS) is 26.0. The van der Waals surface area contributed by atoms with Crippen LogP contribution < -0.4 is 10.6 Å². The van der Waals surface area contributed by atoms with Crippen LogP contribution in [0.15, 0.2) is 18.2 Å². The second-order valence-corrected chi connectivity index (χ2v) is 9.42. The Balaban J connectivity index is 1.69. The summed E-state index contributed by atoms with van der Waals surface area (Å²) in [6.07, 6.45) is -3.07. The number of carbonyl (C=O) groups is 2. The lowest BCUT2D eigenvalue weighted by Gasteiger charge is -2.72. The van der Waals surface area contributed by atoms with Crippen LogP contribution in [-0.2, 0) is 15.7 Å². The number of rotatable bonds is 5. The number of ether oxygens (including phenoxy) is 2. The smallest absolute Gasteiger partial charge is 0.418 e. The molecule has 1 atom stereocenters. The van der Waals surface area contributed by atoms with Crippen LogP contribution in [0.1, 0.15) is 62.9 Å². The van der Waals surface area contributed by atoms with Crippen molar-refractivity contribution in [1.29, 1.82) is 0 Å². The Morgan fingerprint density at radius 3 is 2.23 bits per heavy atom. The first kappa shape index (κ1) is 22.2. The third-order valence-electron chi connectivity index (χ3n) is 5.87. The summed E-state index contributed by atoms with van der Waals surface area (Å²) >= 11 is 0. The maximum atomic E-state index is 13.4. The van der Waals surface area contributed by atoms with Crippen LogP contribution in [0.2, 0.25) is 0 Å². The lowest BCUT2D eigenvalue weighted by Crippen LogP contribution is -2.78. The second kappa shape index (κ2) is 7.06. The van der Waals surface area contributed by atoms with E-state index in [0.29, 0.717) is 19.3 Å². The Bertz CT molecular complexity index is 841. The number of hydrogen-bond donors (Lipinski definition) is 2. The van der Waals surface area contributed by atoms with E-state index in [1.54, 1.807) is 20.8 Å². The standard InChI is InChI=1S/C21H27F3N2O4/c1-12(19-9-20(10-19,11-19)26-17(28)30-18(2,3)4)25-15-8-13(16(27)29-5)6-7-14(15)21(22,23)24/h6-8,12,25H,9-11H2,1-5H3,(H,26,28)/t12-,19?,20?/m0/s1. The molecule has 0 aromatic heterocycles. The summed E-state index contributed by atoms with van der Waals surface area (Å²) in [6, 6.07) is 2.87. The number of hydrogen-bond acceptors (Lipinski definition) is 5. The molecule has 3 aliphatic carbocycles. The molecule has 1 aromatic rings. The molecule has 166 valence electrons. The molecule has 0 heterocycles. The highest BCUT2D eigenvalue weighted by Crippen LogP contribution is 2.69. The minimum atomic E-state index is -4.56. The summed E-state index contributed by atoms with van der Waals surface area (Å²) < 4.78 is 50.2. The van der Waals surface area contributed by atoms with Gasteiger partial charge in [-0.3, -0.25) is 0 Å². The quantitative estimate of drug-likeness (QED) is 0.663. The predicted molar refractivity (Wildman–Crippen MR) is 104 cm³/mol. The summed E-state index contributed by atoms with van der Waals surface area (Å²) in [5.41, 5.74) is -2.11. The van der Waals surface area contributed by atoms with Gasteiger partial charge in [-0.15, -0.1) is 0 Å². The Kier molecular flexibility index (Phi) is 5.23. The Hall–Kier alpha value is -2.45. The van der Waals surface area contributed by atoms with E-state index in [4.69, 9.17) is 4.74 Å². The van der Waals surface area contributed by atoms with Crippen LogP contribution in [0.4, 0.5) is 23.7 Å². The first-order valence-corrected chi connectivity index (χ1v) is 9.76. The number of amides is 1. The van der Waals surface area contributed by atoms with Gasteiger partial charge in [-0.2, -0.15) is 13.2 Å². The molecule has 3 fully saturated rings. The largest absolute Gasteiger partial charge is 0.465 e. The maximum absolute atomic E-state index is 13.4. The zero-order valence-corrected chi connectivity index (χ0v) is 17.7. The molecular weight excluding hydrogens is 401 g/mol. The summed E-state index contributed by atoms with van der Waals surface area (Å²) in [6.45, 7) is 7.16. The molecule has 2 N–H and O–H groups in total. The zero-order chi connectivity index (χ0) is 22.5. The third-order valence-corrected chi connectivity index (χ3v) is 5.87. The number of carbonyl (C=O) groups excluding carboxylic acids is 2. The molecule has 2 bridgehead atoms. The topological polar surface area (TPSA) is 76.7 Å². The van der Waals surface area contributed by atoms with Gasteiger partial charge in [0.1, 0.15) is 5.60 Å². The Morgan fingerprint density at radius 1 is 1.13 bits per heavy atom. The van der Waals surface area contributed by atoms with Crippen LogP contribution in [0.25, 0.3) is 0 Å². The fourth-order valence-corrected chi connectivity index (χ4v) is 4.52. The van der Waals surface area contributed by atoms with Crippen molar-refractivity contribution < 1.29 is 32.2 Å². The van der Waals surface area contributed by atoms with Gasteiger partial charge >= 0.3 is 18.2 Å². The number of halogens is 3. The number of methoxy groups -OCH3 is 1. The average molecular weight is 428 g/mol. The van der Waals surface area contributed by atoms with Crippen molar-refractivity contribution in [2.75, 3.05) is 12.4 Å². The van der Waals surface area contributed by atoms with E-state index < -0.39 is 29.4 Å². The number of nitrogens with one attached hydrogen (secondary N) is 2. The first-order valence-electron chi connectivity index (χ1n) is 9.76. The second-order valence-electron chi connectivity index (χ2n) is 9.42. The molecule has 0 aliphatic heterocycles. The van der Waals surface area contributed by atoms with Gasteiger partial charge in [0, 0.05) is 17.3 Å². The van der Waals surface area contributed by atoms with E-state index in [0.717, 1.165) is 12.1 Å². The predicted octanol–water partition coefficient (Wildman–Crippen LogP) is 4.74. The van der Waals surface area contributed by atoms with Crippen LogP contribution in [0, 0.1) is 5.41 Å². The van der Waals surface area contributed by atoms with Crippen molar-refractivity contribution >= 4 is 17.7 Å². The Labute approximate surface area is 173 Å². The van der Waals surface area contributed by atoms with Gasteiger partial charge in [0.05, 0.1) is 18.2 Å². The van der Waals surface area contributed by atoms with Gasteiger partial charge in [0.2, 0.25) is 0 Å². The van der Waals surface area contributed by atoms with Crippen molar-refractivity contribution in [1.82, 2.24) is 5.32 Å². The number of alkyl carbamates (subject to hydrolysis) is 1. The highest BCUT2D eigenvalue weighted by atomic mass is 19.4. The van der Waals surface area contributed by atoms with Crippen molar-refractivity contribution in [3.05, 3.63) is 29.3 Å². The zero-order valence-electron chi connectivity index (χ0n) is 17.7. The number of esters is 1. The fraction of sp³-hybridized carbons (Fsp3) is 0.619. The molecule has 0 spiro atoms. The summed E-state index contributed by atoms with van der Waals surface area (Å²) in [5.74, 6) is -0.703. The fourth-order valence-electron chi connectivity index (χ4n) is 4.52. The molecule has 0 radical (unpaired) electrons. The minimum absolute atomic E-state index is 0.0425. The summed E-state index contributed by atoms with van der Waals surface area (Å²) in [4.78, 5) is 23.8. The molecule has 4 rings (SSSR count). The van der Waals surface area contributed by atoms with Crippen LogP contribution in [-0.4, -0.2) is 36.4 Å². The molecule has 9 heteroatoms. The van der Waals surface area contributed by atoms with E-state index in [9.17, 15) is 22.8 Å². The van der Waals surface area contributed by atoms with Gasteiger partial charge < -0.3 is 20.1 Å². The third kappa shape index (κ3) is 4.20. The van der Waals surface area contributed by atoms with Gasteiger partial charge in [0.15, 0.2) is 0 Å². The average Bonchev–Trinajstić information content (AvgIpc) is 2.53.